The van der Waals surface area contributed by atoms with Gasteiger partial charge in [-0.05, 0) is 0 Å². The van der Waals surface area contributed by atoms with E-state index in [-0.39, 0.29) is 12.8 Å². The Kier molecular flexibility index (Phi) is 6.76. The molecular formula is C7H14N4O5. The van der Waals surface area contributed by atoms with E-state index >= 15 is 0 Å². The maximum absolute atomic E-state index is 10.8. The van der Waals surface area contributed by atoms with Crippen molar-refractivity contribution in [1.82, 2.24) is 10.5 Å². The lowest BCUT2D eigenvalue weighted by Crippen LogP contribution is -2.35. The molecule has 0 saturated carbocycles. The zero-order valence-corrected chi connectivity index (χ0v) is 8.51. The lowest BCUT2D eigenvalue weighted by Gasteiger charge is -2.10. The van der Waals surface area contributed by atoms with Gasteiger partial charge in [-0.2, -0.15) is 0 Å². The quantitative estimate of drug-likeness (QED) is 0.247. The molecule has 1 aliphatic heterocycles. The number of carbonyl (C=O) groups is 3. The van der Waals surface area contributed by atoms with Crippen molar-refractivity contribution in [2.75, 3.05) is 13.1 Å². The number of hydroxylamine groups is 3. The van der Waals surface area contributed by atoms with E-state index in [4.69, 9.17) is 16.7 Å². The smallest absolute Gasteiger partial charge is 0.329 e. The first-order valence-electron chi connectivity index (χ1n) is 4.44. The second-order valence-corrected chi connectivity index (χ2v) is 2.65. The summed E-state index contributed by atoms with van der Waals surface area (Å²) < 4.78 is 0. The summed E-state index contributed by atoms with van der Waals surface area (Å²) >= 11 is 0. The van der Waals surface area contributed by atoms with E-state index in [1.807, 2.05) is 0 Å². The van der Waals surface area contributed by atoms with Gasteiger partial charge in [0, 0.05) is 25.9 Å². The van der Waals surface area contributed by atoms with E-state index < -0.39 is 17.9 Å². The second-order valence-electron chi connectivity index (χ2n) is 2.65. The van der Waals surface area contributed by atoms with Gasteiger partial charge in [-0.1, -0.05) is 0 Å². The van der Waals surface area contributed by atoms with Crippen molar-refractivity contribution in [3.05, 3.63) is 0 Å². The first kappa shape index (κ1) is 14.3. The van der Waals surface area contributed by atoms with Crippen molar-refractivity contribution in [2.45, 2.75) is 12.8 Å². The molecule has 1 fully saturated rings. The van der Waals surface area contributed by atoms with Crippen LogP contribution in [0.5, 0.6) is 0 Å². The predicted molar refractivity (Wildman–Crippen MR) is 50.6 cm³/mol. The molecule has 9 heteroatoms. The summed E-state index contributed by atoms with van der Waals surface area (Å²) in [7, 11) is 0. The average Bonchev–Trinajstić information content (AvgIpc) is 2.61. The van der Waals surface area contributed by atoms with Crippen LogP contribution in [0.25, 0.3) is 0 Å². The van der Waals surface area contributed by atoms with Crippen molar-refractivity contribution in [1.29, 1.82) is 0 Å². The highest BCUT2D eigenvalue weighted by Gasteiger charge is 2.32. The fourth-order valence-corrected chi connectivity index (χ4v) is 0.761. The van der Waals surface area contributed by atoms with Crippen molar-refractivity contribution < 1.29 is 24.4 Å². The summed E-state index contributed by atoms with van der Waals surface area (Å²) in [6.07, 6.45) is -1.21. The summed E-state index contributed by atoms with van der Waals surface area (Å²) in [5.41, 5.74) is 10.9. The van der Waals surface area contributed by atoms with Gasteiger partial charge in [0.2, 0.25) is 0 Å². The average molecular weight is 234 g/mol. The molecule has 0 radical (unpaired) electrons. The minimum Gasteiger partial charge on any atom is -0.329 e. The van der Waals surface area contributed by atoms with Gasteiger partial charge in [0.25, 0.3) is 11.8 Å². The molecule has 0 bridgehead atoms. The van der Waals surface area contributed by atoms with Crippen LogP contribution in [0.3, 0.4) is 0 Å². The number of nitrogens with zero attached hydrogens (tertiary/aromatic N) is 1. The van der Waals surface area contributed by atoms with E-state index in [0.29, 0.717) is 18.2 Å². The molecular weight excluding hydrogens is 220 g/mol. The number of hydrogen-bond acceptors (Lipinski definition) is 7. The van der Waals surface area contributed by atoms with Gasteiger partial charge in [-0.25, -0.2) is 10.3 Å². The molecule has 1 aliphatic rings. The van der Waals surface area contributed by atoms with Crippen molar-refractivity contribution in [3.8, 4) is 0 Å². The maximum atomic E-state index is 10.8. The highest BCUT2D eigenvalue weighted by atomic mass is 16.8. The highest BCUT2D eigenvalue weighted by Crippen LogP contribution is 2.11. The fraction of sp³-hybridized carbons (Fsp3) is 0.571. The van der Waals surface area contributed by atoms with Gasteiger partial charge in [-0.3, -0.25) is 14.8 Å². The molecule has 92 valence electrons. The summed E-state index contributed by atoms with van der Waals surface area (Å²) in [5, 5.41) is 8.32. The Morgan fingerprint density at radius 2 is 1.75 bits per heavy atom. The van der Waals surface area contributed by atoms with Crippen LogP contribution >= 0.6 is 0 Å². The third kappa shape index (κ3) is 4.68. The lowest BCUT2D eigenvalue weighted by atomic mass is 10.4. The Hall–Kier alpha value is -1.71. The Labute approximate surface area is 91.2 Å². The monoisotopic (exact) mass is 234 g/mol. The zero-order chi connectivity index (χ0) is 12.6. The molecule has 0 aromatic carbocycles. The second kappa shape index (κ2) is 7.56. The molecule has 0 unspecified atom stereocenters. The Morgan fingerprint density at radius 3 is 2.06 bits per heavy atom. The largest absolute Gasteiger partial charge is 0.456 e. The number of nitrogens with two attached hydrogens (primary N) is 2. The number of nitrogens with one attached hydrogen (secondary N) is 1. The normalized spacial score (nSPS) is 14.3. The molecule has 1 saturated heterocycles. The third-order valence-corrected chi connectivity index (χ3v) is 1.44. The topological polar surface area (TPSA) is 148 Å². The van der Waals surface area contributed by atoms with E-state index in [1.165, 1.54) is 0 Å². The van der Waals surface area contributed by atoms with Gasteiger partial charge < -0.3 is 16.3 Å². The number of hydrogen-bond donors (Lipinski definition) is 4. The molecule has 1 rings (SSSR count). The summed E-state index contributed by atoms with van der Waals surface area (Å²) in [5.74, 6) is -1.19. The molecule has 6 N–H and O–H groups in total. The molecule has 0 aromatic heterocycles. The van der Waals surface area contributed by atoms with E-state index in [2.05, 4.69) is 4.84 Å². The highest BCUT2D eigenvalue weighted by molar-refractivity contribution is 6.01. The minimum absolute atomic E-state index is 0.0253. The van der Waals surface area contributed by atoms with E-state index in [9.17, 15) is 14.4 Å². The number of carbonyl (C=O) groups excluding carboxylic acids is 3. The molecule has 16 heavy (non-hydrogen) atoms. The zero-order valence-electron chi connectivity index (χ0n) is 8.51. The Morgan fingerprint density at radius 1 is 1.31 bits per heavy atom. The SMILES string of the molecule is NCCN.O=C(NO)ON1C(=O)CCC1=O. The molecule has 3 amide bonds. The summed E-state index contributed by atoms with van der Waals surface area (Å²) in [6, 6.07) is 0. The summed E-state index contributed by atoms with van der Waals surface area (Å²) in [6.45, 7) is 1.19. The number of imide groups is 1. The van der Waals surface area contributed by atoms with Crippen molar-refractivity contribution in [3.63, 3.8) is 0 Å². The number of rotatable bonds is 2. The van der Waals surface area contributed by atoms with Crippen molar-refractivity contribution in [2.24, 2.45) is 11.5 Å². The van der Waals surface area contributed by atoms with Gasteiger partial charge in [0.15, 0.2) is 0 Å². The van der Waals surface area contributed by atoms with Crippen LogP contribution in [0, 0.1) is 0 Å². The third-order valence-electron chi connectivity index (χ3n) is 1.44. The molecule has 0 atom stereocenters. The standard InChI is InChI=1S/C5H6N2O5.C2H8N2/c8-3-1-2-4(9)7(3)12-5(10)6-11;3-1-2-4/h11H,1-2H2,(H,6,10);1-4H2. The van der Waals surface area contributed by atoms with Gasteiger partial charge in [0.05, 0.1) is 0 Å². The molecule has 0 aromatic rings. The molecule has 9 nitrogen and oxygen atoms in total. The van der Waals surface area contributed by atoms with Crippen LogP contribution in [0.1, 0.15) is 12.8 Å². The number of amides is 3. The van der Waals surface area contributed by atoms with Gasteiger partial charge in [-0.15, -0.1) is 5.06 Å². The predicted octanol–water partition coefficient (Wildman–Crippen LogP) is -1.93. The van der Waals surface area contributed by atoms with E-state index in [0.717, 1.165) is 5.48 Å². The maximum Gasteiger partial charge on any atom is 0.456 e. The lowest BCUT2D eigenvalue weighted by molar-refractivity contribution is -0.173. The van der Waals surface area contributed by atoms with Crippen LogP contribution in [0.15, 0.2) is 0 Å². The first-order valence-corrected chi connectivity index (χ1v) is 4.44. The van der Waals surface area contributed by atoms with Gasteiger partial charge >= 0.3 is 6.09 Å². The molecule has 1 heterocycles. The molecule has 0 aliphatic carbocycles. The molecule has 0 spiro atoms. The van der Waals surface area contributed by atoms with Gasteiger partial charge in [0.1, 0.15) is 0 Å². The fourth-order valence-electron chi connectivity index (χ4n) is 0.761. The van der Waals surface area contributed by atoms with Crippen LogP contribution in [-0.4, -0.2) is 41.3 Å². The minimum atomic E-state index is -1.27. The van der Waals surface area contributed by atoms with Crippen molar-refractivity contribution >= 4 is 17.9 Å². The van der Waals surface area contributed by atoms with Crippen LogP contribution in [0.4, 0.5) is 4.79 Å². The Bertz CT molecular complexity index is 252. The van der Waals surface area contributed by atoms with Crippen LogP contribution in [-0.2, 0) is 14.4 Å². The summed E-state index contributed by atoms with van der Waals surface area (Å²) in [4.78, 5) is 36.0. The van der Waals surface area contributed by atoms with E-state index in [1.54, 1.807) is 0 Å². The first-order chi connectivity index (χ1) is 7.56. The van der Waals surface area contributed by atoms with Crippen LogP contribution < -0.4 is 16.9 Å². The van der Waals surface area contributed by atoms with Crippen LogP contribution in [0.2, 0.25) is 0 Å². The Balaban J connectivity index is 0.000000487.